The highest BCUT2D eigenvalue weighted by atomic mass is 35.5. The van der Waals surface area contributed by atoms with Gasteiger partial charge in [-0.25, -0.2) is 9.79 Å². The lowest BCUT2D eigenvalue weighted by Crippen LogP contribution is -2.12. The van der Waals surface area contributed by atoms with Crippen LogP contribution in [0.3, 0.4) is 0 Å². The number of nitrogens with one attached hydrogen (secondary N) is 1. The van der Waals surface area contributed by atoms with Gasteiger partial charge in [-0.15, -0.1) is 11.6 Å². The average molecular weight is 267 g/mol. The van der Waals surface area contributed by atoms with Crippen LogP contribution in [-0.2, 0) is 4.74 Å². The van der Waals surface area contributed by atoms with Crippen LogP contribution in [0.5, 0.6) is 0 Å². The predicted molar refractivity (Wildman–Crippen MR) is 69.4 cm³/mol. The number of para-hydroxylation sites is 1. The summed E-state index contributed by atoms with van der Waals surface area (Å²) < 4.78 is 4.65. The van der Waals surface area contributed by atoms with E-state index in [1.807, 2.05) is 0 Å². The lowest BCUT2D eigenvalue weighted by atomic mass is 10.2. The summed E-state index contributed by atoms with van der Waals surface area (Å²) in [7, 11) is 1.31. The Labute approximate surface area is 108 Å². The van der Waals surface area contributed by atoms with E-state index in [9.17, 15) is 4.79 Å². The van der Waals surface area contributed by atoms with Crippen molar-refractivity contribution in [1.82, 2.24) is 10.2 Å². The topological polar surface area (TPSA) is 93.4 Å². The standard InChI is InChI=1S/C11H11ClN4O2/c1-18-11(17)10-6-3-2-4-7(9(6)15-16-10)14-8(13)5-12/h2-4H,5H2,1H3,(H2,13,14)(H,15,16). The maximum Gasteiger partial charge on any atom is 0.356 e. The molecule has 0 amide bonds. The molecule has 0 aliphatic rings. The molecule has 0 unspecified atom stereocenters. The number of alkyl halides is 1. The van der Waals surface area contributed by atoms with Crippen LogP contribution in [0.4, 0.5) is 5.69 Å². The number of rotatable bonds is 3. The Balaban J connectivity index is 2.59. The molecule has 2 rings (SSSR count). The van der Waals surface area contributed by atoms with Crippen LogP contribution in [0, 0.1) is 0 Å². The number of ether oxygens (including phenoxy) is 1. The minimum Gasteiger partial charge on any atom is -0.464 e. The van der Waals surface area contributed by atoms with Gasteiger partial charge in [0.2, 0.25) is 0 Å². The number of aliphatic imine (C=N–C) groups is 1. The zero-order chi connectivity index (χ0) is 13.1. The molecule has 0 spiro atoms. The number of aromatic amines is 1. The molecule has 3 N–H and O–H groups in total. The van der Waals surface area contributed by atoms with E-state index >= 15 is 0 Å². The number of amidine groups is 1. The first-order chi connectivity index (χ1) is 8.67. The van der Waals surface area contributed by atoms with Crippen molar-refractivity contribution in [3.8, 4) is 0 Å². The van der Waals surface area contributed by atoms with Crippen LogP contribution in [0.2, 0.25) is 0 Å². The monoisotopic (exact) mass is 266 g/mol. The summed E-state index contributed by atoms with van der Waals surface area (Å²) in [5.41, 5.74) is 6.96. The lowest BCUT2D eigenvalue weighted by Gasteiger charge is -1.98. The molecule has 1 heterocycles. The number of fused-ring (bicyclic) bond motifs is 1. The van der Waals surface area contributed by atoms with Gasteiger partial charge in [-0.2, -0.15) is 5.10 Å². The highest BCUT2D eigenvalue weighted by Crippen LogP contribution is 2.26. The highest BCUT2D eigenvalue weighted by molar-refractivity contribution is 6.28. The van der Waals surface area contributed by atoms with Crippen molar-refractivity contribution in [2.75, 3.05) is 13.0 Å². The molecule has 94 valence electrons. The highest BCUT2D eigenvalue weighted by Gasteiger charge is 2.15. The van der Waals surface area contributed by atoms with E-state index in [4.69, 9.17) is 17.3 Å². The van der Waals surface area contributed by atoms with Crippen molar-refractivity contribution in [1.29, 1.82) is 0 Å². The fourth-order valence-corrected chi connectivity index (χ4v) is 1.61. The zero-order valence-electron chi connectivity index (χ0n) is 9.61. The lowest BCUT2D eigenvalue weighted by molar-refractivity contribution is 0.0596. The van der Waals surface area contributed by atoms with Gasteiger partial charge in [-0.3, -0.25) is 5.10 Å². The van der Waals surface area contributed by atoms with Crippen molar-refractivity contribution < 1.29 is 9.53 Å². The van der Waals surface area contributed by atoms with E-state index < -0.39 is 5.97 Å². The van der Waals surface area contributed by atoms with Gasteiger partial charge in [0.1, 0.15) is 11.4 Å². The van der Waals surface area contributed by atoms with Crippen molar-refractivity contribution in [3.63, 3.8) is 0 Å². The number of benzene rings is 1. The van der Waals surface area contributed by atoms with Crippen LogP contribution in [0.25, 0.3) is 10.9 Å². The molecule has 18 heavy (non-hydrogen) atoms. The van der Waals surface area contributed by atoms with Crippen molar-refractivity contribution in [3.05, 3.63) is 23.9 Å². The van der Waals surface area contributed by atoms with Gasteiger partial charge in [0.25, 0.3) is 0 Å². The summed E-state index contributed by atoms with van der Waals surface area (Å²) in [5.74, 6) is -0.0688. The first-order valence-electron chi connectivity index (χ1n) is 5.11. The van der Waals surface area contributed by atoms with Crippen LogP contribution in [0.15, 0.2) is 23.2 Å². The third kappa shape index (κ3) is 2.14. The van der Waals surface area contributed by atoms with Gasteiger partial charge in [0, 0.05) is 5.39 Å². The summed E-state index contributed by atoms with van der Waals surface area (Å²) in [6, 6.07) is 5.25. The number of nitrogens with two attached hydrogens (primary N) is 1. The molecule has 0 radical (unpaired) electrons. The molecule has 0 saturated carbocycles. The summed E-state index contributed by atoms with van der Waals surface area (Å²) in [4.78, 5) is 15.6. The fraction of sp³-hybridized carbons (Fsp3) is 0.182. The Morgan fingerprint density at radius 3 is 3.06 bits per heavy atom. The van der Waals surface area contributed by atoms with Crippen molar-refractivity contribution in [2.24, 2.45) is 10.7 Å². The third-order valence-electron chi connectivity index (χ3n) is 2.35. The minimum atomic E-state index is -0.482. The van der Waals surface area contributed by atoms with E-state index in [1.54, 1.807) is 18.2 Å². The number of carbonyl (C=O) groups excluding carboxylic acids is 1. The summed E-state index contributed by atoms with van der Waals surface area (Å²) in [6.07, 6.45) is 0. The van der Waals surface area contributed by atoms with Crippen LogP contribution in [-0.4, -0.2) is 35.0 Å². The molecule has 2 aromatic rings. The Morgan fingerprint density at radius 2 is 2.39 bits per heavy atom. The number of aromatic nitrogens is 2. The summed E-state index contributed by atoms with van der Waals surface area (Å²) in [5, 5.41) is 7.30. The molecule has 6 nitrogen and oxygen atoms in total. The second kappa shape index (κ2) is 5.05. The van der Waals surface area contributed by atoms with Gasteiger partial charge in [-0.05, 0) is 6.07 Å². The third-order valence-corrected chi connectivity index (χ3v) is 2.63. The van der Waals surface area contributed by atoms with Crippen LogP contribution in [0.1, 0.15) is 10.5 Å². The average Bonchev–Trinajstić information content (AvgIpc) is 2.82. The van der Waals surface area contributed by atoms with Crippen LogP contribution < -0.4 is 5.73 Å². The molecule has 7 heteroatoms. The second-order valence-corrected chi connectivity index (χ2v) is 3.77. The predicted octanol–water partition coefficient (Wildman–Crippen LogP) is 1.58. The number of hydrogen-bond donors (Lipinski definition) is 2. The second-order valence-electron chi connectivity index (χ2n) is 3.50. The van der Waals surface area contributed by atoms with Crippen LogP contribution >= 0.6 is 11.6 Å². The van der Waals surface area contributed by atoms with E-state index in [-0.39, 0.29) is 17.4 Å². The molecule has 0 aliphatic carbocycles. The van der Waals surface area contributed by atoms with Gasteiger partial charge in [0.15, 0.2) is 5.69 Å². The number of esters is 1. The number of hydrogen-bond acceptors (Lipinski definition) is 4. The SMILES string of the molecule is COC(=O)c1[nH]nc2c(N=C(N)CCl)cccc12. The molecular weight excluding hydrogens is 256 g/mol. The Bertz CT molecular complexity index is 621. The number of halogens is 1. The normalized spacial score (nSPS) is 11.8. The first kappa shape index (κ1) is 12.4. The van der Waals surface area contributed by atoms with E-state index in [0.29, 0.717) is 16.6 Å². The maximum absolute atomic E-state index is 11.5. The molecule has 0 bridgehead atoms. The largest absolute Gasteiger partial charge is 0.464 e. The van der Waals surface area contributed by atoms with Gasteiger partial charge >= 0.3 is 5.97 Å². The molecule has 0 saturated heterocycles. The molecule has 1 aromatic carbocycles. The first-order valence-corrected chi connectivity index (χ1v) is 5.65. The van der Waals surface area contributed by atoms with Gasteiger partial charge < -0.3 is 10.5 Å². The minimum absolute atomic E-state index is 0.130. The molecule has 0 atom stereocenters. The number of H-pyrrole nitrogens is 1. The maximum atomic E-state index is 11.5. The van der Waals surface area contributed by atoms with Gasteiger partial charge in [0.05, 0.1) is 18.7 Å². The number of carbonyl (C=O) groups is 1. The quantitative estimate of drug-likeness (QED) is 0.382. The zero-order valence-corrected chi connectivity index (χ0v) is 10.4. The summed E-state index contributed by atoms with van der Waals surface area (Å²) >= 11 is 5.57. The molecule has 1 aromatic heterocycles. The fourth-order valence-electron chi connectivity index (χ4n) is 1.56. The van der Waals surface area contributed by atoms with E-state index in [0.717, 1.165) is 0 Å². The Kier molecular flexibility index (Phi) is 3.47. The summed E-state index contributed by atoms with van der Waals surface area (Å²) in [6.45, 7) is 0. The smallest absolute Gasteiger partial charge is 0.356 e. The van der Waals surface area contributed by atoms with E-state index in [2.05, 4.69) is 19.9 Å². The van der Waals surface area contributed by atoms with Crippen molar-refractivity contribution >= 4 is 40.0 Å². The van der Waals surface area contributed by atoms with Crippen molar-refractivity contribution in [2.45, 2.75) is 0 Å². The Morgan fingerprint density at radius 1 is 1.61 bits per heavy atom. The van der Waals surface area contributed by atoms with E-state index in [1.165, 1.54) is 7.11 Å². The number of methoxy groups -OCH3 is 1. The molecule has 0 fully saturated rings. The molecule has 0 aliphatic heterocycles. The van der Waals surface area contributed by atoms with Gasteiger partial charge in [-0.1, -0.05) is 12.1 Å². The number of nitrogens with zero attached hydrogens (tertiary/aromatic N) is 2. The Hall–Kier alpha value is -2.08. The molecular formula is C11H11ClN4O2.